The normalized spacial score (nSPS) is 16.2. The van der Waals surface area contributed by atoms with Gasteiger partial charge in [-0.05, 0) is 43.4 Å². The molecule has 0 N–H and O–H groups in total. The van der Waals surface area contributed by atoms with Gasteiger partial charge in [-0.1, -0.05) is 24.3 Å². The minimum atomic E-state index is -4.37. The molecule has 0 fully saturated rings. The van der Waals surface area contributed by atoms with E-state index in [0.717, 1.165) is 24.8 Å². The number of allylic oxidation sites excluding steroid dienone is 2. The Bertz CT molecular complexity index is 671. The van der Waals surface area contributed by atoms with Crippen molar-refractivity contribution in [2.24, 2.45) is 0 Å². The molecule has 4 heteroatoms. The first-order chi connectivity index (χ1) is 9.55. The molecule has 0 saturated heterocycles. The van der Waals surface area contributed by atoms with E-state index in [4.69, 9.17) is 0 Å². The topological polar surface area (TPSA) is 12.9 Å². The van der Waals surface area contributed by atoms with Crippen LogP contribution in [0.1, 0.15) is 36.9 Å². The number of rotatable bonds is 1. The number of benzene rings is 1. The van der Waals surface area contributed by atoms with Crippen molar-refractivity contribution < 1.29 is 13.2 Å². The Morgan fingerprint density at radius 1 is 1.05 bits per heavy atom. The van der Waals surface area contributed by atoms with Gasteiger partial charge < -0.3 is 0 Å². The third-order valence-corrected chi connectivity index (χ3v) is 3.62. The number of aromatic nitrogens is 1. The summed E-state index contributed by atoms with van der Waals surface area (Å²) in [4.78, 5) is 4.28. The average Bonchev–Trinajstić information content (AvgIpc) is 2.46. The lowest BCUT2D eigenvalue weighted by Crippen LogP contribution is -2.11. The number of nitrogens with zero attached hydrogens (tertiary/aromatic N) is 1. The molecule has 104 valence electrons. The second kappa shape index (κ2) is 4.93. The molecule has 1 aliphatic rings. The quantitative estimate of drug-likeness (QED) is 0.697. The molecule has 2 aromatic rings. The molecule has 0 bridgehead atoms. The van der Waals surface area contributed by atoms with E-state index in [2.05, 4.69) is 4.98 Å². The number of para-hydroxylation sites is 1. The second-order valence-electron chi connectivity index (χ2n) is 5.05. The van der Waals surface area contributed by atoms with Crippen LogP contribution in [0.4, 0.5) is 13.2 Å². The van der Waals surface area contributed by atoms with Gasteiger partial charge in [0.25, 0.3) is 0 Å². The molecular weight excluding hydrogens is 263 g/mol. The number of halogens is 3. The highest BCUT2D eigenvalue weighted by Gasteiger charge is 2.35. The second-order valence-corrected chi connectivity index (χ2v) is 5.05. The van der Waals surface area contributed by atoms with Gasteiger partial charge in [-0.15, -0.1) is 0 Å². The van der Waals surface area contributed by atoms with E-state index in [1.54, 1.807) is 24.3 Å². The monoisotopic (exact) mass is 277 g/mol. The van der Waals surface area contributed by atoms with Crippen molar-refractivity contribution in [3.05, 3.63) is 47.7 Å². The van der Waals surface area contributed by atoms with E-state index in [9.17, 15) is 13.2 Å². The predicted octanol–water partition coefficient (Wildman–Crippen LogP) is 5.21. The van der Waals surface area contributed by atoms with Crippen LogP contribution in [-0.4, -0.2) is 4.98 Å². The van der Waals surface area contributed by atoms with Crippen LogP contribution in [0.5, 0.6) is 0 Å². The maximum absolute atomic E-state index is 13.3. The van der Waals surface area contributed by atoms with Gasteiger partial charge in [-0.3, -0.25) is 0 Å². The average molecular weight is 277 g/mol. The summed E-state index contributed by atoms with van der Waals surface area (Å²) in [6, 6.07) is 8.15. The van der Waals surface area contributed by atoms with Crippen LogP contribution < -0.4 is 0 Å². The van der Waals surface area contributed by atoms with Crippen LogP contribution >= 0.6 is 0 Å². The number of fused-ring (bicyclic) bond motifs is 1. The van der Waals surface area contributed by atoms with Crippen molar-refractivity contribution in [2.75, 3.05) is 0 Å². The molecule has 1 aromatic heterocycles. The Labute approximate surface area is 115 Å². The summed E-state index contributed by atoms with van der Waals surface area (Å²) < 4.78 is 39.8. The SMILES string of the molecule is FC(F)(F)c1cc2ccccc2nc1C1=CCCCC1. The van der Waals surface area contributed by atoms with E-state index in [-0.39, 0.29) is 5.69 Å². The van der Waals surface area contributed by atoms with Crippen molar-refractivity contribution in [1.29, 1.82) is 0 Å². The molecule has 1 aromatic carbocycles. The molecule has 0 unspecified atom stereocenters. The van der Waals surface area contributed by atoms with Crippen molar-refractivity contribution in [2.45, 2.75) is 31.9 Å². The van der Waals surface area contributed by atoms with Crippen LogP contribution in [0.15, 0.2) is 36.4 Å². The fraction of sp³-hybridized carbons (Fsp3) is 0.312. The minimum absolute atomic E-state index is 0.107. The van der Waals surface area contributed by atoms with Crippen LogP contribution in [0.25, 0.3) is 16.5 Å². The third kappa shape index (κ3) is 2.42. The van der Waals surface area contributed by atoms with Gasteiger partial charge in [0.05, 0.1) is 16.8 Å². The van der Waals surface area contributed by atoms with Gasteiger partial charge in [0.15, 0.2) is 0 Å². The molecule has 3 rings (SSSR count). The van der Waals surface area contributed by atoms with E-state index >= 15 is 0 Å². The Balaban J connectivity index is 2.24. The highest BCUT2D eigenvalue weighted by Crippen LogP contribution is 2.38. The first kappa shape index (κ1) is 13.2. The number of alkyl halides is 3. The third-order valence-electron chi connectivity index (χ3n) is 3.62. The maximum atomic E-state index is 13.3. The molecule has 0 aliphatic heterocycles. The van der Waals surface area contributed by atoms with Crippen molar-refractivity contribution in [1.82, 2.24) is 4.98 Å². The van der Waals surface area contributed by atoms with Gasteiger partial charge >= 0.3 is 6.18 Å². The summed E-state index contributed by atoms with van der Waals surface area (Å²) in [6.45, 7) is 0. The number of hydrogen-bond acceptors (Lipinski definition) is 1. The molecule has 0 radical (unpaired) electrons. The van der Waals surface area contributed by atoms with Gasteiger partial charge in [-0.2, -0.15) is 13.2 Å². The molecule has 0 atom stereocenters. The first-order valence-electron chi connectivity index (χ1n) is 6.72. The van der Waals surface area contributed by atoms with E-state index in [0.29, 0.717) is 17.3 Å². The van der Waals surface area contributed by atoms with Gasteiger partial charge in [0, 0.05) is 5.39 Å². The summed E-state index contributed by atoms with van der Waals surface area (Å²) in [5.41, 5.74) is 0.830. The Morgan fingerprint density at radius 3 is 2.55 bits per heavy atom. The van der Waals surface area contributed by atoms with Gasteiger partial charge in [0.1, 0.15) is 0 Å². The largest absolute Gasteiger partial charge is 0.418 e. The number of hydrogen-bond donors (Lipinski definition) is 0. The van der Waals surface area contributed by atoms with Crippen molar-refractivity contribution in [3.8, 4) is 0 Å². The molecule has 0 saturated carbocycles. The van der Waals surface area contributed by atoms with Crippen LogP contribution in [-0.2, 0) is 6.18 Å². The van der Waals surface area contributed by atoms with Gasteiger partial charge in [0.2, 0.25) is 0 Å². The Kier molecular flexibility index (Phi) is 3.24. The molecule has 1 heterocycles. The summed E-state index contributed by atoms with van der Waals surface area (Å²) in [7, 11) is 0. The highest BCUT2D eigenvalue weighted by atomic mass is 19.4. The smallest absolute Gasteiger partial charge is 0.248 e. The zero-order valence-corrected chi connectivity index (χ0v) is 10.9. The predicted molar refractivity (Wildman–Crippen MR) is 73.2 cm³/mol. The lowest BCUT2D eigenvalue weighted by Gasteiger charge is -2.18. The molecule has 0 spiro atoms. The van der Waals surface area contributed by atoms with Crippen LogP contribution in [0.3, 0.4) is 0 Å². The molecule has 1 nitrogen and oxygen atoms in total. The van der Waals surface area contributed by atoms with Crippen LogP contribution in [0.2, 0.25) is 0 Å². The van der Waals surface area contributed by atoms with E-state index in [1.807, 2.05) is 6.08 Å². The van der Waals surface area contributed by atoms with E-state index < -0.39 is 11.7 Å². The zero-order chi connectivity index (χ0) is 14.2. The number of pyridine rings is 1. The molecule has 0 amide bonds. The van der Waals surface area contributed by atoms with Gasteiger partial charge in [-0.25, -0.2) is 4.98 Å². The summed E-state index contributed by atoms with van der Waals surface area (Å²) >= 11 is 0. The fourth-order valence-corrected chi connectivity index (χ4v) is 2.63. The van der Waals surface area contributed by atoms with Crippen molar-refractivity contribution in [3.63, 3.8) is 0 Å². The lowest BCUT2D eigenvalue weighted by molar-refractivity contribution is -0.137. The summed E-state index contributed by atoms with van der Waals surface area (Å²) in [5.74, 6) is 0. The summed E-state index contributed by atoms with van der Waals surface area (Å²) in [6.07, 6.45) is 1.01. The maximum Gasteiger partial charge on any atom is 0.418 e. The zero-order valence-electron chi connectivity index (χ0n) is 10.9. The lowest BCUT2D eigenvalue weighted by atomic mass is 9.93. The van der Waals surface area contributed by atoms with Crippen LogP contribution in [0, 0.1) is 0 Å². The summed E-state index contributed by atoms with van der Waals surface area (Å²) in [5, 5.41) is 0.528. The molecule has 20 heavy (non-hydrogen) atoms. The standard InChI is InChI=1S/C16H14F3N/c17-16(18,19)13-10-12-8-4-5-9-14(12)20-15(13)11-6-2-1-3-7-11/h4-6,8-10H,1-3,7H2. The van der Waals surface area contributed by atoms with E-state index in [1.165, 1.54) is 6.07 Å². The highest BCUT2D eigenvalue weighted by molar-refractivity contribution is 5.83. The molecule has 1 aliphatic carbocycles. The Hall–Kier alpha value is -1.84. The first-order valence-corrected chi connectivity index (χ1v) is 6.72. The fourth-order valence-electron chi connectivity index (χ4n) is 2.63. The van der Waals surface area contributed by atoms with Crippen molar-refractivity contribution >= 4 is 16.5 Å². The minimum Gasteiger partial charge on any atom is -0.248 e. The molecular formula is C16H14F3N. The Morgan fingerprint density at radius 2 is 1.85 bits per heavy atom.